The Balaban J connectivity index is 1.69. The molecule has 6 heteroatoms. The highest BCUT2D eigenvalue weighted by atomic mass is 16.7. The molecule has 1 fully saturated rings. The number of hydrazone groups is 1. The Labute approximate surface area is 199 Å². The number of fused-ring (bicyclic) bond motifs is 1. The maximum Gasteiger partial charge on any atom is 0.496 e. The van der Waals surface area contributed by atoms with Crippen LogP contribution >= 0.6 is 0 Å². The van der Waals surface area contributed by atoms with Gasteiger partial charge in [-0.1, -0.05) is 39.8 Å². The van der Waals surface area contributed by atoms with Gasteiger partial charge in [-0.2, -0.15) is 5.10 Å². The Bertz CT molecular complexity index is 1090. The molecule has 2 aliphatic rings. The number of aryl methyl sites for hydroxylation is 1. The molecule has 0 spiro atoms. The van der Waals surface area contributed by atoms with E-state index in [1.807, 2.05) is 18.3 Å². The summed E-state index contributed by atoms with van der Waals surface area (Å²) >= 11 is 0. The summed E-state index contributed by atoms with van der Waals surface area (Å²) < 4.78 is 12.3. The van der Waals surface area contributed by atoms with Crippen molar-refractivity contribution in [2.45, 2.75) is 97.2 Å². The highest BCUT2D eigenvalue weighted by Gasteiger charge is 2.51. The van der Waals surface area contributed by atoms with E-state index < -0.39 is 7.12 Å². The lowest BCUT2D eigenvalue weighted by molar-refractivity contribution is 0.00578. The fraction of sp³-hybridized carbons (Fsp3) is 0.556. The maximum absolute atomic E-state index is 6.17. The Morgan fingerprint density at radius 2 is 1.45 bits per heavy atom. The Kier molecular flexibility index (Phi) is 5.57. The van der Waals surface area contributed by atoms with Gasteiger partial charge in [0.15, 0.2) is 0 Å². The van der Waals surface area contributed by atoms with E-state index in [9.17, 15) is 0 Å². The van der Waals surface area contributed by atoms with Gasteiger partial charge < -0.3 is 15.2 Å². The molecule has 0 unspecified atom stereocenters. The molecule has 5 nitrogen and oxygen atoms in total. The molecule has 0 bridgehead atoms. The first-order valence-corrected chi connectivity index (χ1v) is 11.9. The van der Waals surface area contributed by atoms with Crippen molar-refractivity contribution in [3.05, 3.63) is 58.4 Å². The van der Waals surface area contributed by atoms with Gasteiger partial charge in [0.2, 0.25) is 0 Å². The first-order valence-electron chi connectivity index (χ1n) is 11.9. The highest BCUT2D eigenvalue weighted by Crippen LogP contribution is 2.46. The van der Waals surface area contributed by atoms with Crippen LogP contribution in [0.25, 0.3) is 0 Å². The summed E-state index contributed by atoms with van der Waals surface area (Å²) in [6.07, 6.45) is 4.15. The number of nitrogens with two attached hydrogens (primary N) is 1. The summed E-state index contributed by atoms with van der Waals surface area (Å²) in [5.74, 6) is 5.93. The summed E-state index contributed by atoms with van der Waals surface area (Å²) in [4.78, 5) is 4.71. The van der Waals surface area contributed by atoms with Crippen LogP contribution in [0.5, 0.6) is 0 Å². The number of hydrogen-bond acceptors (Lipinski definition) is 5. The fourth-order valence-electron chi connectivity index (χ4n) is 4.91. The van der Waals surface area contributed by atoms with Gasteiger partial charge in [-0.25, -0.2) is 0 Å². The Hall–Kier alpha value is -2.18. The van der Waals surface area contributed by atoms with Crippen LogP contribution in [0.3, 0.4) is 0 Å². The zero-order valence-corrected chi connectivity index (χ0v) is 21.7. The molecule has 33 heavy (non-hydrogen) atoms. The van der Waals surface area contributed by atoms with Gasteiger partial charge in [-0.3, -0.25) is 4.98 Å². The van der Waals surface area contributed by atoms with E-state index >= 15 is 0 Å². The zero-order chi connectivity index (χ0) is 24.4. The molecule has 0 atom stereocenters. The van der Waals surface area contributed by atoms with Gasteiger partial charge in [-0.05, 0) is 87.1 Å². The third-order valence-corrected chi connectivity index (χ3v) is 8.14. The Morgan fingerprint density at radius 3 is 1.94 bits per heavy atom. The lowest BCUT2D eigenvalue weighted by Crippen LogP contribution is -2.41. The molecule has 1 aliphatic heterocycles. The fourth-order valence-corrected chi connectivity index (χ4v) is 4.91. The van der Waals surface area contributed by atoms with E-state index in [0.29, 0.717) is 5.71 Å². The van der Waals surface area contributed by atoms with Gasteiger partial charge >= 0.3 is 7.12 Å². The Morgan fingerprint density at radius 1 is 0.909 bits per heavy atom. The van der Waals surface area contributed by atoms with Crippen molar-refractivity contribution in [3.63, 3.8) is 0 Å². The van der Waals surface area contributed by atoms with E-state index in [1.165, 1.54) is 23.1 Å². The summed E-state index contributed by atoms with van der Waals surface area (Å²) in [5, 5.41) is 4.19. The van der Waals surface area contributed by atoms with Gasteiger partial charge in [-0.15, -0.1) is 0 Å². The number of benzene rings is 1. The van der Waals surface area contributed by atoms with Crippen molar-refractivity contribution in [2.24, 2.45) is 10.9 Å². The number of hydrogen-bond donors (Lipinski definition) is 1. The largest absolute Gasteiger partial charge is 0.496 e. The standard InChI is InChI=1S/C27H38BN3O2/c1-17-14-20-21(25(4,5)13-12-24(20,2)3)15-19(17)23(31-29)22-11-10-18(16-30-22)28-32-26(6,7)27(8,9)33-28/h10-11,14-16H,12-13,29H2,1-9H3/b31-23-. The quantitative estimate of drug-likeness (QED) is 0.319. The van der Waals surface area contributed by atoms with Crippen molar-refractivity contribution >= 4 is 18.3 Å². The van der Waals surface area contributed by atoms with Gasteiger partial charge in [0, 0.05) is 17.2 Å². The van der Waals surface area contributed by atoms with Crippen molar-refractivity contribution in [2.75, 3.05) is 0 Å². The van der Waals surface area contributed by atoms with Crippen LogP contribution in [-0.2, 0) is 20.1 Å². The third kappa shape index (κ3) is 4.02. The molecular weight excluding hydrogens is 409 g/mol. The molecular formula is C27H38BN3O2. The second kappa shape index (κ2) is 7.67. The van der Waals surface area contributed by atoms with Crippen LogP contribution in [0.15, 0.2) is 35.6 Å². The second-order valence-corrected chi connectivity index (χ2v) is 12.0. The molecule has 1 aliphatic carbocycles. The first-order chi connectivity index (χ1) is 15.2. The van der Waals surface area contributed by atoms with Gasteiger partial charge in [0.25, 0.3) is 0 Å². The van der Waals surface area contributed by atoms with Crippen LogP contribution in [0.2, 0.25) is 0 Å². The lowest BCUT2D eigenvalue weighted by Gasteiger charge is -2.42. The molecule has 0 saturated carbocycles. The minimum Gasteiger partial charge on any atom is -0.399 e. The normalized spacial score (nSPS) is 22.8. The molecule has 1 aromatic heterocycles. The van der Waals surface area contributed by atoms with E-state index in [4.69, 9.17) is 20.1 Å². The molecule has 2 N–H and O–H groups in total. The topological polar surface area (TPSA) is 69.7 Å². The van der Waals surface area contributed by atoms with Crippen LogP contribution in [0.4, 0.5) is 0 Å². The number of pyridine rings is 1. The van der Waals surface area contributed by atoms with E-state index in [0.717, 1.165) is 23.1 Å². The second-order valence-electron chi connectivity index (χ2n) is 12.0. The monoisotopic (exact) mass is 447 g/mol. The van der Waals surface area contributed by atoms with Crippen molar-refractivity contribution in [1.29, 1.82) is 0 Å². The highest BCUT2D eigenvalue weighted by molar-refractivity contribution is 6.62. The number of rotatable bonds is 3. The summed E-state index contributed by atoms with van der Waals surface area (Å²) in [6, 6.07) is 8.58. The van der Waals surface area contributed by atoms with Crippen LogP contribution < -0.4 is 11.3 Å². The van der Waals surface area contributed by atoms with Crippen molar-refractivity contribution < 1.29 is 9.31 Å². The van der Waals surface area contributed by atoms with Gasteiger partial charge in [0.1, 0.15) is 5.71 Å². The van der Waals surface area contributed by atoms with E-state index in [2.05, 4.69) is 79.5 Å². The minimum atomic E-state index is -0.441. The molecule has 2 aromatic rings. The number of aromatic nitrogens is 1. The van der Waals surface area contributed by atoms with Crippen LogP contribution in [0, 0.1) is 6.92 Å². The summed E-state index contributed by atoms with van der Waals surface area (Å²) in [6.45, 7) is 19.7. The predicted molar refractivity (Wildman–Crippen MR) is 136 cm³/mol. The molecule has 0 amide bonds. The zero-order valence-electron chi connectivity index (χ0n) is 21.7. The van der Waals surface area contributed by atoms with Crippen LogP contribution in [-0.4, -0.2) is 29.0 Å². The maximum atomic E-state index is 6.17. The molecule has 2 heterocycles. The van der Waals surface area contributed by atoms with Crippen molar-refractivity contribution in [1.82, 2.24) is 4.98 Å². The van der Waals surface area contributed by atoms with Crippen LogP contribution in [0.1, 0.15) is 96.2 Å². The number of nitrogens with zero attached hydrogens (tertiary/aromatic N) is 2. The minimum absolute atomic E-state index is 0.112. The average Bonchev–Trinajstić information content (AvgIpc) is 2.94. The molecule has 1 aromatic carbocycles. The average molecular weight is 447 g/mol. The first kappa shape index (κ1) is 24.0. The summed E-state index contributed by atoms with van der Waals surface area (Å²) in [7, 11) is -0.441. The van der Waals surface area contributed by atoms with E-state index in [1.54, 1.807) is 0 Å². The smallest absolute Gasteiger partial charge is 0.399 e. The predicted octanol–water partition coefficient (Wildman–Crippen LogP) is 4.75. The molecule has 1 saturated heterocycles. The van der Waals surface area contributed by atoms with E-state index in [-0.39, 0.29) is 22.0 Å². The summed E-state index contributed by atoms with van der Waals surface area (Å²) in [5.41, 5.74) is 6.86. The van der Waals surface area contributed by atoms with Gasteiger partial charge in [0.05, 0.1) is 16.9 Å². The van der Waals surface area contributed by atoms with Crippen molar-refractivity contribution in [3.8, 4) is 0 Å². The molecule has 176 valence electrons. The molecule has 0 radical (unpaired) electrons. The molecule has 4 rings (SSSR count). The third-order valence-electron chi connectivity index (χ3n) is 8.14. The SMILES string of the molecule is Cc1cc2c(cc1/C(=N/N)c1ccc(B3OC(C)(C)C(C)(C)O3)cn1)C(C)(C)CCC2(C)C. The lowest BCUT2D eigenvalue weighted by atomic mass is 9.62.